The van der Waals surface area contributed by atoms with Crippen molar-refractivity contribution in [2.45, 2.75) is 19.4 Å². The predicted molar refractivity (Wildman–Crippen MR) is 123 cm³/mol. The van der Waals surface area contributed by atoms with Crippen LogP contribution in [0.4, 0.5) is 10.3 Å². The molecule has 0 saturated heterocycles. The molecule has 0 spiro atoms. The van der Waals surface area contributed by atoms with Crippen LogP contribution < -0.4 is 16.7 Å². The molecule has 32 heavy (non-hydrogen) atoms. The molecule has 0 bridgehead atoms. The van der Waals surface area contributed by atoms with Crippen LogP contribution in [0.2, 0.25) is 0 Å². The summed E-state index contributed by atoms with van der Waals surface area (Å²) in [6.07, 6.45) is 3.12. The van der Waals surface area contributed by atoms with E-state index in [1.165, 1.54) is 35.5 Å². The molecule has 9 heteroatoms. The van der Waals surface area contributed by atoms with Crippen molar-refractivity contribution in [1.82, 2.24) is 18.7 Å². The Hall–Kier alpha value is -4.01. The number of aryl methyl sites for hydroxylation is 3. The first kappa shape index (κ1) is 21.2. The fourth-order valence-corrected chi connectivity index (χ4v) is 3.55. The van der Waals surface area contributed by atoms with E-state index in [9.17, 15) is 14.0 Å². The summed E-state index contributed by atoms with van der Waals surface area (Å²) in [6, 6.07) is 16.0. The van der Waals surface area contributed by atoms with E-state index in [-0.39, 0.29) is 11.5 Å². The summed E-state index contributed by atoms with van der Waals surface area (Å²) in [5.74, 6) is 0.0248. The Morgan fingerprint density at radius 2 is 1.75 bits per heavy atom. The maximum absolute atomic E-state index is 13.1. The lowest BCUT2D eigenvalue weighted by atomic mass is 10.1. The summed E-state index contributed by atoms with van der Waals surface area (Å²) in [5, 5.41) is 4.19. The maximum Gasteiger partial charge on any atom is 0.332 e. The molecule has 1 N–H and O–H groups in total. The molecule has 2 heterocycles. The lowest BCUT2D eigenvalue weighted by molar-refractivity contribution is 0.628. The van der Waals surface area contributed by atoms with Crippen molar-refractivity contribution < 1.29 is 4.39 Å². The van der Waals surface area contributed by atoms with Crippen LogP contribution in [0, 0.1) is 5.82 Å². The molecule has 0 aliphatic carbocycles. The van der Waals surface area contributed by atoms with Crippen molar-refractivity contribution in [1.29, 1.82) is 0 Å². The molecule has 0 amide bonds. The zero-order chi connectivity index (χ0) is 22.7. The van der Waals surface area contributed by atoms with Crippen LogP contribution in [0.5, 0.6) is 0 Å². The molecule has 0 unspecified atom stereocenters. The third kappa shape index (κ3) is 4.22. The summed E-state index contributed by atoms with van der Waals surface area (Å²) >= 11 is 0. The van der Waals surface area contributed by atoms with Crippen LogP contribution >= 0.6 is 0 Å². The smallest absolute Gasteiger partial charge is 0.303 e. The van der Waals surface area contributed by atoms with Crippen molar-refractivity contribution >= 4 is 23.3 Å². The molecule has 0 radical (unpaired) electrons. The molecular weight excluding hydrogens is 411 g/mol. The minimum absolute atomic E-state index is 0.289. The minimum Gasteiger partial charge on any atom is -0.303 e. The first-order chi connectivity index (χ1) is 15.5. The summed E-state index contributed by atoms with van der Waals surface area (Å²) in [5.41, 5.74) is 4.54. The molecule has 164 valence electrons. The highest BCUT2D eigenvalue weighted by Gasteiger charge is 2.18. The molecule has 2 aromatic heterocycles. The molecule has 0 aliphatic heterocycles. The number of nitrogens with one attached hydrogen (secondary N) is 1. The average Bonchev–Trinajstić information content (AvgIpc) is 3.17. The Bertz CT molecular complexity index is 1380. The number of hydrazone groups is 1. The van der Waals surface area contributed by atoms with Crippen LogP contribution in [0.3, 0.4) is 0 Å². The molecule has 2 aromatic carbocycles. The predicted octanol–water partition coefficient (Wildman–Crippen LogP) is 2.65. The second-order valence-electron chi connectivity index (χ2n) is 7.48. The number of rotatable bonds is 7. The van der Waals surface area contributed by atoms with Crippen LogP contribution in [0.1, 0.15) is 17.5 Å². The number of fused-ring (bicyclic) bond motifs is 1. The van der Waals surface area contributed by atoms with Gasteiger partial charge in [0.05, 0.1) is 6.21 Å². The highest BCUT2D eigenvalue weighted by atomic mass is 19.1. The van der Waals surface area contributed by atoms with E-state index in [0.29, 0.717) is 23.6 Å². The summed E-state index contributed by atoms with van der Waals surface area (Å²) < 4.78 is 17.3. The summed E-state index contributed by atoms with van der Waals surface area (Å²) in [4.78, 5) is 29.7. The van der Waals surface area contributed by atoms with Gasteiger partial charge in [0.2, 0.25) is 5.95 Å². The number of nitrogens with zero attached hydrogens (tertiary/aromatic N) is 5. The second kappa shape index (κ2) is 9.01. The van der Waals surface area contributed by atoms with E-state index in [2.05, 4.69) is 27.6 Å². The quantitative estimate of drug-likeness (QED) is 0.358. The maximum atomic E-state index is 13.1. The SMILES string of the molecule is Cn1c(=O)c2c(nc(N/N=C/c3ccc(F)cc3)n2CCCc2ccccc2)n(C)c1=O. The molecule has 0 aliphatic rings. The number of benzene rings is 2. The Morgan fingerprint density at radius 1 is 1.03 bits per heavy atom. The van der Waals surface area contributed by atoms with Gasteiger partial charge in [0.15, 0.2) is 11.2 Å². The monoisotopic (exact) mass is 434 g/mol. The number of anilines is 1. The third-order valence-corrected chi connectivity index (χ3v) is 5.29. The zero-order valence-electron chi connectivity index (χ0n) is 17.8. The van der Waals surface area contributed by atoms with Gasteiger partial charge in [0.1, 0.15) is 5.82 Å². The van der Waals surface area contributed by atoms with Crippen molar-refractivity contribution in [2.24, 2.45) is 19.2 Å². The number of hydrogen-bond donors (Lipinski definition) is 1. The highest BCUT2D eigenvalue weighted by molar-refractivity contribution is 5.80. The number of imidazole rings is 1. The molecular formula is C23H23FN6O2. The van der Waals surface area contributed by atoms with Gasteiger partial charge in [-0.15, -0.1) is 0 Å². The largest absolute Gasteiger partial charge is 0.332 e. The van der Waals surface area contributed by atoms with E-state index < -0.39 is 11.2 Å². The van der Waals surface area contributed by atoms with Crippen LogP contribution in [0.25, 0.3) is 11.2 Å². The normalized spacial score (nSPS) is 11.5. The van der Waals surface area contributed by atoms with Gasteiger partial charge in [-0.2, -0.15) is 10.1 Å². The Balaban J connectivity index is 1.68. The standard InChI is InChI=1S/C23H23FN6O2/c1-28-20-19(21(31)29(2)23(28)32)30(14-6-9-16-7-4-3-5-8-16)22(26-20)27-25-15-17-10-12-18(24)13-11-17/h3-5,7-8,10-13,15H,6,9,14H2,1-2H3,(H,26,27)/b25-15+. The van der Waals surface area contributed by atoms with E-state index >= 15 is 0 Å². The van der Waals surface area contributed by atoms with Gasteiger partial charge in [-0.05, 0) is 36.1 Å². The first-order valence-corrected chi connectivity index (χ1v) is 10.2. The minimum atomic E-state index is -0.446. The molecule has 0 fully saturated rings. The van der Waals surface area contributed by atoms with Gasteiger partial charge in [-0.1, -0.05) is 42.5 Å². The lowest BCUT2D eigenvalue weighted by Crippen LogP contribution is -2.37. The van der Waals surface area contributed by atoms with Gasteiger partial charge in [0.25, 0.3) is 5.56 Å². The summed E-state index contributed by atoms with van der Waals surface area (Å²) in [7, 11) is 3.03. The highest BCUT2D eigenvalue weighted by Crippen LogP contribution is 2.17. The Morgan fingerprint density at radius 3 is 2.47 bits per heavy atom. The molecule has 4 rings (SSSR count). The number of aromatic nitrogens is 4. The lowest BCUT2D eigenvalue weighted by Gasteiger charge is -2.09. The van der Waals surface area contributed by atoms with Crippen molar-refractivity contribution in [3.63, 3.8) is 0 Å². The van der Waals surface area contributed by atoms with Crippen LogP contribution in [-0.2, 0) is 27.1 Å². The van der Waals surface area contributed by atoms with Gasteiger partial charge in [-0.25, -0.2) is 14.6 Å². The van der Waals surface area contributed by atoms with E-state index in [1.807, 2.05) is 18.2 Å². The zero-order valence-corrected chi connectivity index (χ0v) is 17.8. The van der Waals surface area contributed by atoms with Crippen LogP contribution in [0.15, 0.2) is 69.3 Å². The molecule has 0 atom stereocenters. The molecule has 8 nitrogen and oxygen atoms in total. The Labute approximate surface area is 183 Å². The van der Waals surface area contributed by atoms with Crippen molar-refractivity contribution in [2.75, 3.05) is 5.43 Å². The molecule has 4 aromatic rings. The van der Waals surface area contributed by atoms with Gasteiger partial charge in [0, 0.05) is 20.6 Å². The third-order valence-electron chi connectivity index (χ3n) is 5.29. The van der Waals surface area contributed by atoms with Crippen molar-refractivity contribution in [3.05, 3.63) is 92.4 Å². The van der Waals surface area contributed by atoms with Gasteiger partial charge >= 0.3 is 5.69 Å². The van der Waals surface area contributed by atoms with Gasteiger partial charge < -0.3 is 4.57 Å². The van der Waals surface area contributed by atoms with Crippen molar-refractivity contribution in [3.8, 4) is 0 Å². The van der Waals surface area contributed by atoms with E-state index in [0.717, 1.165) is 17.4 Å². The summed E-state index contributed by atoms with van der Waals surface area (Å²) in [6.45, 7) is 0.507. The second-order valence-corrected chi connectivity index (χ2v) is 7.48. The number of halogens is 1. The fraction of sp³-hybridized carbons (Fsp3) is 0.217. The Kier molecular flexibility index (Phi) is 5.98. The first-order valence-electron chi connectivity index (χ1n) is 10.2. The van der Waals surface area contributed by atoms with E-state index in [4.69, 9.17) is 0 Å². The van der Waals surface area contributed by atoms with Gasteiger partial charge in [-0.3, -0.25) is 13.9 Å². The van der Waals surface area contributed by atoms with Crippen LogP contribution in [-0.4, -0.2) is 24.9 Å². The fourth-order valence-electron chi connectivity index (χ4n) is 3.55. The number of hydrogen-bond acceptors (Lipinski definition) is 5. The van der Waals surface area contributed by atoms with E-state index in [1.54, 1.807) is 23.7 Å². The molecule has 0 saturated carbocycles. The average molecular weight is 434 g/mol. The topological polar surface area (TPSA) is 86.2 Å².